The summed E-state index contributed by atoms with van der Waals surface area (Å²) in [6.07, 6.45) is -4.57. The lowest BCUT2D eigenvalue weighted by atomic mass is 10.1. The van der Waals surface area contributed by atoms with E-state index in [1.54, 1.807) is 0 Å². The third-order valence-corrected chi connectivity index (χ3v) is 3.73. The maximum atomic E-state index is 12.9. The second-order valence-electron chi connectivity index (χ2n) is 5.77. The number of carbonyl (C=O) groups excluding carboxylic acids is 3. The summed E-state index contributed by atoms with van der Waals surface area (Å²) in [6.45, 7) is 0.643. The van der Waals surface area contributed by atoms with Crippen LogP contribution in [0, 0.1) is 0 Å². The maximum absolute atomic E-state index is 12.9. The van der Waals surface area contributed by atoms with Gasteiger partial charge in [0.15, 0.2) is 0 Å². The number of anilines is 2. The lowest BCUT2D eigenvalue weighted by molar-refractivity contribution is -0.137. The van der Waals surface area contributed by atoms with E-state index in [0.29, 0.717) is 0 Å². The lowest BCUT2D eigenvalue weighted by Gasteiger charge is -2.22. The van der Waals surface area contributed by atoms with Crippen molar-refractivity contribution in [3.05, 3.63) is 59.7 Å². The minimum Gasteiger partial charge on any atom is -0.465 e. The zero-order valence-electron chi connectivity index (χ0n) is 15.0. The molecule has 0 atom stereocenters. The largest absolute Gasteiger partial charge is 0.465 e. The average molecular weight is 394 g/mol. The Labute approximate surface area is 158 Å². The molecule has 0 aliphatic carbocycles. The molecule has 0 radical (unpaired) electrons. The van der Waals surface area contributed by atoms with Crippen molar-refractivity contribution >= 4 is 29.2 Å². The van der Waals surface area contributed by atoms with E-state index in [0.717, 1.165) is 30.0 Å². The second kappa shape index (κ2) is 8.55. The number of nitrogens with one attached hydrogen (secondary N) is 1. The van der Waals surface area contributed by atoms with E-state index in [9.17, 15) is 27.6 Å². The highest BCUT2D eigenvalue weighted by molar-refractivity contribution is 6.02. The quantitative estimate of drug-likeness (QED) is 0.788. The Morgan fingerprint density at radius 3 is 2.36 bits per heavy atom. The second-order valence-corrected chi connectivity index (χ2v) is 5.77. The minimum atomic E-state index is -4.57. The van der Waals surface area contributed by atoms with E-state index in [4.69, 9.17) is 0 Å². The van der Waals surface area contributed by atoms with Crippen LogP contribution in [0.1, 0.15) is 22.8 Å². The monoisotopic (exact) mass is 394 g/mol. The van der Waals surface area contributed by atoms with Crippen molar-refractivity contribution in [1.82, 2.24) is 0 Å². The Morgan fingerprint density at radius 1 is 1.07 bits per heavy atom. The maximum Gasteiger partial charge on any atom is 0.416 e. The number of halogens is 3. The van der Waals surface area contributed by atoms with E-state index in [1.807, 2.05) is 0 Å². The predicted octanol–water partition coefficient (Wildman–Crippen LogP) is 3.48. The molecule has 0 aliphatic rings. The van der Waals surface area contributed by atoms with Crippen LogP contribution in [0.3, 0.4) is 0 Å². The van der Waals surface area contributed by atoms with Crippen molar-refractivity contribution in [3.63, 3.8) is 0 Å². The average Bonchev–Trinajstić information content (AvgIpc) is 2.65. The third kappa shape index (κ3) is 5.32. The van der Waals surface area contributed by atoms with Crippen molar-refractivity contribution in [1.29, 1.82) is 0 Å². The van der Waals surface area contributed by atoms with Crippen LogP contribution in [0.4, 0.5) is 24.5 Å². The van der Waals surface area contributed by atoms with Gasteiger partial charge in [-0.1, -0.05) is 12.1 Å². The molecule has 0 aromatic heterocycles. The fourth-order valence-electron chi connectivity index (χ4n) is 2.42. The Kier molecular flexibility index (Phi) is 6.40. The number of hydrogen-bond acceptors (Lipinski definition) is 4. The number of carbonyl (C=O) groups is 3. The molecule has 1 N–H and O–H groups in total. The van der Waals surface area contributed by atoms with E-state index in [-0.39, 0.29) is 16.9 Å². The Bertz CT molecular complexity index is 897. The van der Waals surface area contributed by atoms with E-state index >= 15 is 0 Å². The zero-order chi connectivity index (χ0) is 20.9. The molecular weight excluding hydrogens is 377 g/mol. The molecule has 9 heteroatoms. The molecule has 2 rings (SSSR count). The van der Waals surface area contributed by atoms with Crippen molar-refractivity contribution in [2.75, 3.05) is 23.9 Å². The summed E-state index contributed by atoms with van der Waals surface area (Å²) in [6, 6.07) is 10.1. The van der Waals surface area contributed by atoms with Crippen molar-refractivity contribution in [2.45, 2.75) is 13.1 Å². The SMILES string of the molecule is COC(=O)c1cccc(NC(=O)CN(C(C)=O)c2cccc(C(F)(F)F)c2)c1. The molecule has 0 saturated carbocycles. The van der Waals surface area contributed by atoms with Crippen LogP contribution in [0.2, 0.25) is 0 Å². The molecule has 0 heterocycles. The molecule has 28 heavy (non-hydrogen) atoms. The fraction of sp³-hybridized carbons (Fsp3) is 0.211. The molecule has 0 saturated heterocycles. The van der Waals surface area contributed by atoms with Gasteiger partial charge in [-0.15, -0.1) is 0 Å². The summed E-state index contributed by atoms with van der Waals surface area (Å²) < 4.78 is 43.3. The Hall–Kier alpha value is -3.36. The molecule has 0 unspecified atom stereocenters. The number of alkyl halides is 3. The first-order valence-corrected chi connectivity index (χ1v) is 8.05. The highest BCUT2D eigenvalue weighted by atomic mass is 19.4. The van der Waals surface area contributed by atoms with Crippen LogP contribution < -0.4 is 10.2 Å². The molecular formula is C19H17F3N2O4. The normalized spacial score (nSPS) is 10.9. The summed E-state index contributed by atoms with van der Waals surface area (Å²) >= 11 is 0. The van der Waals surface area contributed by atoms with Crippen LogP contribution in [-0.2, 0) is 20.5 Å². The number of ether oxygens (including phenoxy) is 1. The van der Waals surface area contributed by atoms with Gasteiger partial charge in [0.25, 0.3) is 0 Å². The van der Waals surface area contributed by atoms with Crippen LogP contribution in [-0.4, -0.2) is 31.4 Å². The summed E-state index contributed by atoms with van der Waals surface area (Å²) in [7, 11) is 1.22. The molecule has 2 amide bonds. The number of benzene rings is 2. The van der Waals surface area contributed by atoms with Gasteiger partial charge in [0, 0.05) is 18.3 Å². The topological polar surface area (TPSA) is 75.7 Å². The minimum absolute atomic E-state index is 0.0548. The van der Waals surface area contributed by atoms with Gasteiger partial charge in [0.2, 0.25) is 11.8 Å². The van der Waals surface area contributed by atoms with Gasteiger partial charge in [0.05, 0.1) is 18.2 Å². The van der Waals surface area contributed by atoms with Gasteiger partial charge in [-0.3, -0.25) is 9.59 Å². The van der Waals surface area contributed by atoms with Gasteiger partial charge in [0.1, 0.15) is 6.54 Å². The third-order valence-electron chi connectivity index (χ3n) is 3.73. The summed E-state index contributed by atoms with van der Waals surface area (Å²) in [5.74, 6) is -1.84. The Morgan fingerprint density at radius 2 is 1.75 bits per heavy atom. The first-order valence-electron chi connectivity index (χ1n) is 8.05. The van der Waals surface area contributed by atoms with Crippen LogP contribution in [0.5, 0.6) is 0 Å². The molecule has 2 aromatic rings. The Balaban J connectivity index is 2.18. The molecule has 2 aromatic carbocycles. The van der Waals surface area contributed by atoms with Crippen molar-refractivity contribution < 1.29 is 32.3 Å². The van der Waals surface area contributed by atoms with Crippen molar-refractivity contribution in [2.24, 2.45) is 0 Å². The number of nitrogens with zero attached hydrogens (tertiary/aromatic N) is 1. The first-order chi connectivity index (χ1) is 13.1. The zero-order valence-corrected chi connectivity index (χ0v) is 15.0. The highest BCUT2D eigenvalue weighted by Gasteiger charge is 2.31. The van der Waals surface area contributed by atoms with Crippen LogP contribution >= 0.6 is 0 Å². The smallest absolute Gasteiger partial charge is 0.416 e. The van der Waals surface area contributed by atoms with Gasteiger partial charge in [-0.05, 0) is 36.4 Å². The summed E-state index contributed by atoms with van der Waals surface area (Å²) in [5.41, 5.74) is -0.495. The van der Waals surface area contributed by atoms with Crippen LogP contribution in [0.15, 0.2) is 48.5 Å². The summed E-state index contributed by atoms with van der Waals surface area (Å²) in [5, 5.41) is 2.50. The number of methoxy groups -OCH3 is 1. The molecule has 0 spiro atoms. The predicted molar refractivity (Wildman–Crippen MR) is 95.9 cm³/mol. The van der Waals surface area contributed by atoms with Crippen molar-refractivity contribution in [3.8, 4) is 0 Å². The van der Waals surface area contributed by atoms with Gasteiger partial charge in [-0.2, -0.15) is 13.2 Å². The molecule has 6 nitrogen and oxygen atoms in total. The number of rotatable bonds is 5. The lowest BCUT2D eigenvalue weighted by Crippen LogP contribution is -2.36. The van der Waals surface area contributed by atoms with Gasteiger partial charge >= 0.3 is 12.1 Å². The number of esters is 1. The van der Waals surface area contributed by atoms with Gasteiger partial charge < -0.3 is 15.0 Å². The highest BCUT2D eigenvalue weighted by Crippen LogP contribution is 2.31. The van der Waals surface area contributed by atoms with E-state index in [1.165, 1.54) is 37.4 Å². The van der Waals surface area contributed by atoms with E-state index < -0.39 is 36.1 Å². The number of amides is 2. The number of hydrogen-bond donors (Lipinski definition) is 1. The molecule has 0 bridgehead atoms. The summed E-state index contributed by atoms with van der Waals surface area (Å²) in [4.78, 5) is 36.6. The fourth-order valence-corrected chi connectivity index (χ4v) is 2.42. The molecule has 0 aliphatic heterocycles. The molecule has 0 fully saturated rings. The first kappa shape index (κ1) is 20.9. The standard InChI is InChI=1S/C19H17F3N2O4/c1-12(25)24(16-8-4-6-14(10-16)19(20,21)22)11-17(26)23-15-7-3-5-13(9-15)18(27)28-2/h3-10H,11H2,1-2H3,(H,23,26). The molecule has 148 valence electrons. The van der Waals surface area contributed by atoms with Crippen LogP contribution in [0.25, 0.3) is 0 Å². The van der Waals surface area contributed by atoms with Gasteiger partial charge in [-0.25, -0.2) is 4.79 Å². The van der Waals surface area contributed by atoms with E-state index in [2.05, 4.69) is 10.1 Å².